The molecule has 0 rings (SSSR count). The van der Waals surface area contributed by atoms with Crippen LogP contribution in [0.2, 0.25) is 0 Å². The fourth-order valence-corrected chi connectivity index (χ4v) is 3.48. The maximum Gasteiger partial charge on any atom is 0.215 e. The maximum absolute atomic E-state index is 12.3. The minimum absolute atomic E-state index is 0.473. The Kier molecular flexibility index (Phi) is 4.46. The Morgan fingerprint density at radius 3 is 1.50 bits per heavy atom. The van der Waals surface area contributed by atoms with Gasteiger partial charge in [-0.25, -0.2) is 9.34 Å². The van der Waals surface area contributed by atoms with Crippen LogP contribution in [0.1, 0.15) is 13.8 Å². The molecule has 4 heteroatoms. The second-order valence-electron chi connectivity index (χ2n) is 3.94. The van der Waals surface area contributed by atoms with Crippen LogP contribution < -0.4 is 0 Å². The molecule has 0 N–H and O–H groups in total. The molecule has 0 heterocycles. The first-order chi connectivity index (χ1) is 5.30. The average molecular weight is 192 g/mol. The van der Waals surface area contributed by atoms with Crippen LogP contribution >= 0.6 is 7.44 Å². The molecule has 74 valence electrons. The third-order valence-corrected chi connectivity index (χ3v) is 5.56. The molecule has 0 fully saturated rings. The summed E-state index contributed by atoms with van der Waals surface area (Å²) in [5, 5.41) is 0. The van der Waals surface area contributed by atoms with E-state index in [1.807, 2.05) is 37.5 Å². The first kappa shape index (κ1) is 12.2. The van der Waals surface area contributed by atoms with Crippen LogP contribution in [-0.2, 0) is 4.57 Å². The molecule has 0 aliphatic carbocycles. The van der Waals surface area contributed by atoms with Crippen molar-refractivity contribution < 1.29 is 4.57 Å². The summed E-state index contributed by atoms with van der Waals surface area (Å²) in [6.07, 6.45) is 0.757. The highest BCUT2D eigenvalue weighted by Gasteiger charge is 2.28. The summed E-state index contributed by atoms with van der Waals surface area (Å²) in [5.74, 6) is 0.473. The summed E-state index contributed by atoms with van der Waals surface area (Å²) in [6.45, 7) is 4.19. The molecule has 0 radical (unpaired) electrons. The SMILES string of the molecule is CC(C)CP(=O)(N(C)C)N(C)C. The van der Waals surface area contributed by atoms with E-state index in [0.717, 1.165) is 6.16 Å². The molecule has 0 aromatic rings. The molecule has 0 aliphatic rings. The van der Waals surface area contributed by atoms with Crippen molar-refractivity contribution in [2.75, 3.05) is 34.4 Å². The van der Waals surface area contributed by atoms with Crippen LogP contribution in [0.3, 0.4) is 0 Å². The van der Waals surface area contributed by atoms with Crippen LogP contribution in [0, 0.1) is 5.92 Å². The van der Waals surface area contributed by atoms with Crippen LogP contribution in [-0.4, -0.2) is 43.7 Å². The minimum Gasteiger partial charge on any atom is -0.289 e. The van der Waals surface area contributed by atoms with Crippen molar-refractivity contribution >= 4 is 7.44 Å². The predicted octanol–water partition coefficient (Wildman–Crippen LogP) is 1.96. The van der Waals surface area contributed by atoms with Gasteiger partial charge in [0, 0.05) is 6.16 Å². The summed E-state index contributed by atoms with van der Waals surface area (Å²) in [7, 11) is 5.26. The second-order valence-corrected chi connectivity index (χ2v) is 7.23. The predicted molar refractivity (Wildman–Crippen MR) is 54.7 cm³/mol. The molecule has 0 amide bonds. The molecule has 3 nitrogen and oxygen atoms in total. The van der Waals surface area contributed by atoms with Crippen LogP contribution in [0.5, 0.6) is 0 Å². The molecule has 0 saturated carbocycles. The van der Waals surface area contributed by atoms with E-state index in [0.29, 0.717) is 5.92 Å². The fraction of sp³-hybridized carbons (Fsp3) is 1.00. The Hall–Kier alpha value is 0.150. The van der Waals surface area contributed by atoms with Gasteiger partial charge in [0.15, 0.2) is 0 Å². The lowest BCUT2D eigenvalue weighted by atomic mass is 10.3. The van der Waals surface area contributed by atoms with Gasteiger partial charge in [-0.2, -0.15) is 0 Å². The molecular formula is C8H21N2OP. The molecule has 0 bridgehead atoms. The van der Waals surface area contributed by atoms with E-state index in [1.165, 1.54) is 0 Å². The van der Waals surface area contributed by atoms with Crippen molar-refractivity contribution in [2.45, 2.75) is 13.8 Å². The maximum atomic E-state index is 12.3. The van der Waals surface area contributed by atoms with Gasteiger partial charge in [0.25, 0.3) is 0 Å². The topological polar surface area (TPSA) is 23.6 Å². The summed E-state index contributed by atoms with van der Waals surface area (Å²) in [6, 6.07) is 0. The Balaban J connectivity index is 4.53. The number of rotatable bonds is 4. The highest BCUT2D eigenvalue weighted by Crippen LogP contribution is 2.50. The van der Waals surface area contributed by atoms with Crippen molar-refractivity contribution in [3.8, 4) is 0 Å². The highest BCUT2D eigenvalue weighted by atomic mass is 31.2. The third-order valence-electron chi connectivity index (χ3n) is 1.85. The molecule has 0 atom stereocenters. The van der Waals surface area contributed by atoms with E-state index in [2.05, 4.69) is 13.8 Å². The zero-order chi connectivity index (χ0) is 9.94. The third kappa shape index (κ3) is 2.89. The zero-order valence-corrected chi connectivity index (χ0v) is 9.93. The van der Waals surface area contributed by atoms with Gasteiger partial charge in [-0.1, -0.05) is 13.8 Å². The van der Waals surface area contributed by atoms with E-state index in [-0.39, 0.29) is 0 Å². The van der Waals surface area contributed by atoms with Crippen LogP contribution in [0.25, 0.3) is 0 Å². The van der Waals surface area contributed by atoms with Gasteiger partial charge in [-0.05, 0) is 34.1 Å². The Bertz CT molecular complexity index is 166. The number of nitrogens with zero attached hydrogens (tertiary/aromatic N) is 2. The summed E-state index contributed by atoms with van der Waals surface area (Å²) < 4.78 is 16.0. The van der Waals surface area contributed by atoms with E-state index in [4.69, 9.17) is 0 Å². The lowest BCUT2D eigenvalue weighted by molar-refractivity contribution is 0.439. The van der Waals surface area contributed by atoms with Crippen molar-refractivity contribution in [3.05, 3.63) is 0 Å². The molecule has 0 saturated heterocycles. The van der Waals surface area contributed by atoms with Gasteiger partial charge in [0.1, 0.15) is 0 Å². The van der Waals surface area contributed by atoms with E-state index >= 15 is 0 Å². The number of hydrogen-bond donors (Lipinski definition) is 0. The summed E-state index contributed by atoms with van der Waals surface area (Å²) >= 11 is 0. The first-order valence-electron chi connectivity index (χ1n) is 4.25. The van der Waals surface area contributed by atoms with E-state index in [1.54, 1.807) is 0 Å². The van der Waals surface area contributed by atoms with Crippen LogP contribution in [0.15, 0.2) is 0 Å². The van der Waals surface area contributed by atoms with E-state index < -0.39 is 7.44 Å². The number of hydrogen-bond acceptors (Lipinski definition) is 1. The smallest absolute Gasteiger partial charge is 0.215 e. The second kappa shape index (κ2) is 4.40. The molecular weight excluding hydrogens is 171 g/mol. The normalized spacial score (nSPS) is 13.4. The van der Waals surface area contributed by atoms with Gasteiger partial charge >= 0.3 is 0 Å². The Labute approximate surface area is 76.2 Å². The van der Waals surface area contributed by atoms with Gasteiger partial charge in [-0.15, -0.1) is 0 Å². The molecule has 0 aromatic carbocycles. The van der Waals surface area contributed by atoms with Crippen molar-refractivity contribution in [1.82, 2.24) is 9.34 Å². The zero-order valence-electron chi connectivity index (χ0n) is 9.03. The Morgan fingerprint density at radius 1 is 1.08 bits per heavy atom. The van der Waals surface area contributed by atoms with Crippen molar-refractivity contribution in [2.24, 2.45) is 5.92 Å². The van der Waals surface area contributed by atoms with Crippen molar-refractivity contribution in [1.29, 1.82) is 0 Å². The quantitative estimate of drug-likeness (QED) is 0.636. The molecule has 0 aliphatic heterocycles. The van der Waals surface area contributed by atoms with Gasteiger partial charge in [-0.3, -0.25) is 4.57 Å². The van der Waals surface area contributed by atoms with Gasteiger partial charge in [0.05, 0.1) is 0 Å². The fourth-order valence-electron chi connectivity index (χ4n) is 1.16. The van der Waals surface area contributed by atoms with Crippen molar-refractivity contribution in [3.63, 3.8) is 0 Å². The van der Waals surface area contributed by atoms with E-state index in [9.17, 15) is 4.57 Å². The van der Waals surface area contributed by atoms with Gasteiger partial charge < -0.3 is 0 Å². The largest absolute Gasteiger partial charge is 0.289 e. The minimum atomic E-state index is -2.25. The lowest BCUT2D eigenvalue weighted by Gasteiger charge is -2.31. The molecule has 0 spiro atoms. The standard InChI is InChI=1S/C8H21N2OP/c1-8(2)7-12(11,9(3)4)10(5)6/h8H,7H2,1-6H3. The molecule has 12 heavy (non-hydrogen) atoms. The Morgan fingerprint density at radius 2 is 1.42 bits per heavy atom. The monoisotopic (exact) mass is 192 g/mol. The lowest BCUT2D eigenvalue weighted by Crippen LogP contribution is -2.24. The van der Waals surface area contributed by atoms with Crippen LogP contribution in [0.4, 0.5) is 0 Å². The summed E-state index contributed by atoms with van der Waals surface area (Å²) in [5.41, 5.74) is 0. The highest BCUT2D eigenvalue weighted by molar-refractivity contribution is 7.58. The molecule has 0 aromatic heterocycles. The average Bonchev–Trinajstić information content (AvgIpc) is 1.84. The first-order valence-corrected chi connectivity index (χ1v) is 6.05. The van der Waals surface area contributed by atoms with Gasteiger partial charge in [0.2, 0.25) is 7.44 Å². The summed E-state index contributed by atoms with van der Waals surface area (Å²) in [4.78, 5) is 0. The molecule has 0 unspecified atom stereocenters.